The summed E-state index contributed by atoms with van der Waals surface area (Å²) in [4.78, 5) is 13.7. The van der Waals surface area contributed by atoms with E-state index in [-0.39, 0.29) is 5.91 Å². The fourth-order valence-electron chi connectivity index (χ4n) is 2.07. The minimum Gasteiger partial charge on any atom is -0.307 e. The number of nitrogens with one attached hydrogen (secondary N) is 1. The number of halogens is 1. The van der Waals surface area contributed by atoms with Gasteiger partial charge in [-0.15, -0.1) is 0 Å². The normalized spacial score (nSPS) is 14.2. The van der Waals surface area contributed by atoms with Crippen molar-refractivity contribution < 1.29 is 4.79 Å². The summed E-state index contributed by atoms with van der Waals surface area (Å²) in [6.07, 6.45) is 3.94. The second kappa shape index (κ2) is 3.89. The number of carbonyl (C=O) groups excluding carboxylic acids is 1. The molecule has 3 rings (SSSR count). The summed E-state index contributed by atoms with van der Waals surface area (Å²) in [5.41, 5.74) is 2.92. The van der Waals surface area contributed by atoms with Gasteiger partial charge in [-0.05, 0) is 23.8 Å². The van der Waals surface area contributed by atoms with Crippen LogP contribution in [0.2, 0.25) is 5.02 Å². The first-order valence-corrected chi connectivity index (χ1v) is 5.68. The molecule has 0 radical (unpaired) electrons. The molecule has 0 atom stereocenters. The predicted octanol–water partition coefficient (Wildman–Crippen LogP) is 2.15. The molecule has 1 aliphatic heterocycles. The first-order valence-electron chi connectivity index (χ1n) is 5.30. The third kappa shape index (κ3) is 1.80. The van der Waals surface area contributed by atoms with E-state index in [2.05, 4.69) is 10.2 Å². The van der Waals surface area contributed by atoms with Crippen LogP contribution in [0.15, 0.2) is 30.6 Å². The van der Waals surface area contributed by atoms with Crippen LogP contribution in [0.25, 0.3) is 0 Å². The molecule has 1 amide bonds. The fraction of sp³-hybridized carbons (Fsp3) is 0.167. The van der Waals surface area contributed by atoms with E-state index in [9.17, 15) is 4.79 Å². The Balaban J connectivity index is 1.94. The maximum atomic E-state index is 11.9. The van der Waals surface area contributed by atoms with E-state index in [0.29, 0.717) is 18.0 Å². The summed E-state index contributed by atoms with van der Waals surface area (Å²) in [5.74, 6) is 0.100. The Morgan fingerprint density at radius 1 is 1.47 bits per heavy atom. The van der Waals surface area contributed by atoms with Crippen molar-refractivity contribution in [2.75, 3.05) is 4.90 Å². The van der Waals surface area contributed by atoms with Crippen molar-refractivity contribution in [1.29, 1.82) is 0 Å². The highest BCUT2D eigenvalue weighted by Gasteiger charge is 2.27. The van der Waals surface area contributed by atoms with Gasteiger partial charge in [-0.2, -0.15) is 5.10 Å². The lowest BCUT2D eigenvalue weighted by molar-refractivity contribution is -0.117. The smallest absolute Gasteiger partial charge is 0.231 e. The van der Waals surface area contributed by atoms with Crippen LogP contribution < -0.4 is 4.90 Å². The molecule has 86 valence electrons. The molecular formula is C12H10ClN3O. The van der Waals surface area contributed by atoms with Crippen LogP contribution in [0.1, 0.15) is 11.1 Å². The summed E-state index contributed by atoms with van der Waals surface area (Å²) in [7, 11) is 0. The molecule has 1 N–H and O–H groups in total. The number of fused-ring (bicyclic) bond motifs is 1. The number of nitrogens with zero attached hydrogens (tertiary/aromatic N) is 2. The van der Waals surface area contributed by atoms with Gasteiger partial charge < -0.3 is 4.90 Å². The lowest BCUT2D eigenvalue weighted by atomic mass is 10.2. The van der Waals surface area contributed by atoms with Crippen molar-refractivity contribution in [1.82, 2.24) is 10.2 Å². The average Bonchev–Trinajstić information content (AvgIpc) is 2.88. The topological polar surface area (TPSA) is 49.0 Å². The highest BCUT2D eigenvalue weighted by Crippen LogP contribution is 2.32. The Labute approximate surface area is 103 Å². The number of aromatic amines is 1. The first-order chi connectivity index (χ1) is 8.24. The molecule has 0 unspecified atom stereocenters. The molecule has 2 aromatic rings. The van der Waals surface area contributed by atoms with Crippen molar-refractivity contribution in [3.8, 4) is 0 Å². The van der Waals surface area contributed by atoms with Gasteiger partial charge in [0.25, 0.3) is 0 Å². The van der Waals surface area contributed by atoms with E-state index in [0.717, 1.165) is 16.8 Å². The molecule has 4 nitrogen and oxygen atoms in total. The van der Waals surface area contributed by atoms with Crippen LogP contribution in [0.3, 0.4) is 0 Å². The zero-order valence-corrected chi connectivity index (χ0v) is 9.74. The van der Waals surface area contributed by atoms with E-state index in [4.69, 9.17) is 11.6 Å². The lowest BCUT2D eigenvalue weighted by Gasteiger charge is -2.16. The van der Waals surface area contributed by atoms with E-state index in [1.807, 2.05) is 12.1 Å². The maximum absolute atomic E-state index is 11.9. The van der Waals surface area contributed by atoms with Crippen molar-refractivity contribution >= 4 is 23.2 Å². The summed E-state index contributed by atoms with van der Waals surface area (Å²) < 4.78 is 0. The third-order valence-electron chi connectivity index (χ3n) is 2.87. The average molecular weight is 248 g/mol. The second-order valence-electron chi connectivity index (χ2n) is 4.04. The number of carbonyl (C=O) groups is 1. The van der Waals surface area contributed by atoms with Crippen molar-refractivity contribution in [2.45, 2.75) is 13.0 Å². The van der Waals surface area contributed by atoms with Crippen LogP contribution in [0.4, 0.5) is 5.69 Å². The number of rotatable bonds is 2. The maximum Gasteiger partial charge on any atom is 0.231 e. The summed E-state index contributed by atoms with van der Waals surface area (Å²) >= 11 is 5.92. The summed E-state index contributed by atoms with van der Waals surface area (Å²) in [5, 5.41) is 7.29. The van der Waals surface area contributed by atoms with E-state index < -0.39 is 0 Å². The van der Waals surface area contributed by atoms with E-state index in [1.165, 1.54) is 0 Å². The summed E-state index contributed by atoms with van der Waals surface area (Å²) in [6.45, 7) is 0.546. The molecule has 0 bridgehead atoms. The van der Waals surface area contributed by atoms with Crippen LogP contribution in [-0.4, -0.2) is 16.1 Å². The Morgan fingerprint density at radius 2 is 2.35 bits per heavy atom. The molecule has 1 aromatic carbocycles. The number of H-pyrrole nitrogens is 1. The van der Waals surface area contributed by atoms with Gasteiger partial charge in [-0.25, -0.2) is 0 Å². The standard InChI is InChI=1S/C12H10ClN3O/c13-10-1-2-11-9(3-10)4-12(17)16(11)7-8-5-14-15-6-8/h1-3,5-6H,4,7H2,(H,14,15). The van der Waals surface area contributed by atoms with Gasteiger partial charge in [-0.3, -0.25) is 9.89 Å². The number of anilines is 1. The molecule has 1 aromatic heterocycles. The van der Waals surface area contributed by atoms with Gasteiger partial charge in [0.2, 0.25) is 5.91 Å². The number of aromatic nitrogens is 2. The highest BCUT2D eigenvalue weighted by molar-refractivity contribution is 6.30. The molecule has 2 heterocycles. The Hall–Kier alpha value is -1.81. The monoisotopic (exact) mass is 247 g/mol. The zero-order valence-electron chi connectivity index (χ0n) is 8.98. The zero-order chi connectivity index (χ0) is 11.8. The van der Waals surface area contributed by atoms with Gasteiger partial charge in [0.05, 0.1) is 19.2 Å². The SMILES string of the molecule is O=C1Cc2cc(Cl)ccc2N1Cc1cn[nH]c1. The third-order valence-corrected chi connectivity index (χ3v) is 3.11. The molecule has 0 saturated heterocycles. The van der Waals surface area contributed by atoms with Gasteiger partial charge in [-0.1, -0.05) is 11.6 Å². The molecule has 0 spiro atoms. The van der Waals surface area contributed by atoms with E-state index >= 15 is 0 Å². The minimum absolute atomic E-state index is 0.100. The minimum atomic E-state index is 0.100. The number of hydrogen-bond donors (Lipinski definition) is 1. The molecule has 1 aliphatic rings. The van der Waals surface area contributed by atoms with Gasteiger partial charge in [0.1, 0.15) is 0 Å². The van der Waals surface area contributed by atoms with E-state index in [1.54, 1.807) is 23.4 Å². The largest absolute Gasteiger partial charge is 0.307 e. The van der Waals surface area contributed by atoms with Crippen LogP contribution in [0, 0.1) is 0 Å². The molecule has 0 aliphatic carbocycles. The molecule has 0 fully saturated rings. The molecular weight excluding hydrogens is 238 g/mol. The van der Waals surface area contributed by atoms with Gasteiger partial charge >= 0.3 is 0 Å². The Morgan fingerprint density at radius 3 is 3.12 bits per heavy atom. The summed E-state index contributed by atoms with van der Waals surface area (Å²) in [6, 6.07) is 5.55. The van der Waals surface area contributed by atoms with Crippen LogP contribution in [-0.2, 0) is 17.8 Å². The number of benzene rings is 1. The lowest BCUT2D eigenvalue weighted by Crippen LogP contribution is -2.25. The fourth-order valence-corrected chi connectivity index (χ4v) is 2.27. The van der Waals surface area contributed by atoms with Crippen LogP contribution >= 0.6 is 11.6 Å². The first kappa shape index (κ1) is 10.4. The second-order valence-corrected chi connectivity index (χ2v) is 4.47. The van der Waals surface area contributed by atoms with Crippen LogP contribution in [0.5, 0.6) is 0 Å². The Bertz CT molecular complexity index is 565. The van der Waals surface area contributed by atoms with Crippen molar-refractivity contribution in [3.05, 3.63) is 46.7 Å². The highest BCUT2D eigenvalue weighted by atomic mass is 35.5. The molecule has 5 heteroatoms. The number of amides is 1. The number of hydrogen-bond acceptors (Lipinski definition) is 2. The van der Waals surface area contributed by atoms with Gasteiger partial charge in [0, 0.05) is 22.5 Å². The van der Waals surface area contributed by atoms with Crippen molar-refractivity contribution in [3.63, 3.8) is 0 Å². The van der Waals surface area contributed by atoms with Gasteiger partial charge in [0.15, 0.2) is 0 Å². The van der Waals surface area contributed by atoms with Crippen molar-refractivity contribution in [2.24, 2.45) is 0 Å². The molecule has 0 saturated carbocycles. The molecule has 17 heavy (non-hydrogen) atoms. The Kier molecular flexibility index (Phi) is 2.37. The quantitative estimate of drug-likeness (QED) is 0.884. The predicted molar refractivity (Wildman–Crippen MR) is 64.9 cm³/mol.